The summed E-state index contributed by atoms with van der Waals surface area (Å²) in [4.78, 5) is 3.14. The molecule has 2 aromatic rings. The molecule has 1 atom stereocenters. The molecule has 0 bridgehead atoms. The van der Waals surface area contributed by atoms with Crippen LogP contribution in [0.5, 0.6) is 0 Å². The number of fused-ring (bicyclic) bond motifs is 1. The summed E-state index contributed by atoms with van der Waals surface area (Å²) in [5, 5.41) is 10.3. The number of nitrogens with two attached hydrogens (primary N) is 1. The van der Waals surface area contributed by atoms with Crippen LogP contribution < -0.4 is 5.73 Å². The zero-order valence-electron chi connectivity index (χ0n) is 8.12. The Hall–Kier alpha value is -1.32. The summed E-state index contributed by atoms with van der Waals surface area (Å²) in [6.07, 6.45) is 1.88. The average Bonchev–Trinajstić information content (AvgIpc) is 2.64. The lowest BCUT2D eigenvalue weighted by Gasteiger charge is -2.22. The predicted octanol–water partition coefficient (Wildman–Crippen LogP) is 1.33. The van der Waals surface area contributed by atoms with Gasteiger partial charge in [0.05, 0.1) is 17.7 Å². The van der Waals surface area contributed by atoms with Crippen LogP contribution in [0.2, 0.25) is 0 Å². The minimum absolute atomic E-state index is 0.0644. The molecule has 3 nitrogen and oxygen atoms in total. The number of hydrogen-bond donors (Lipinski definition) is 3. The van der Waals surface area contributed by atoms with Crippen LogP contribution in [0.15, 0.2) is 30.5 Å². The molecular weight excluding hydrogens is 176 g/mol. The molecule has 2 rings (SSSR count). The third-order valence-corrected chi connectivity index (χ3v) is 2.53. The highest BCUT2D eigenvalue weighted by Gasteiger charge is 2.22. The van der Waals surface area contributed by atoms with Gasteiger partial charge < -0.3 is 15.8 Å². The number of H-pyrrole nitrogens is 1. The van der Waals surface area contributed by atoms with Gasteiger partial charge in [0.15, 0.2) is 0 Å². The minimum Gasteiger partial charge on any atom is -0.394 e. The van der Waals surface area contributed by atoms with E-state index < -0.39 is 5.54 Å². The number of aliphatic hydroxyl groups is 1. The maximum Gasteiger partial charge on any atom is 0.0651 e. The van der Waals surface area contributed by atoms with Crippen molar-refractivity contribution < 1.29 is 5.11 Å². The molecule has 0 amide bonds. The van der Waals surface area contributed by atoms with Gasteiger partial charge in [-0.15, -0.1) is 0 Å². The Morgan fingerprint density at radius 1 is 1.43 bits per heavy atom. The number of para-hydroxylation sites is 1. The summed E-state index contributed by atoms with van der Waals surface area (Å²) in [5.74, 6) is 0. The van der Waals surface area contributed by atoms with Gasteiger partial charge in [0, 0.05) is 6.20 Å². The molecule has 0 radical (unpaired) electrons. The van der Waals surface area contributed by atoms with Gasteiger partial charge in [-0.05, 0) is 23.9 Å². The molecule has 1 aromatic heterocycles. The number of aromatic nitrogens is 1. The maximum absolute atomic E-state index is 9.21. The second kappa shape index (κ2) is 3.12. The molecule has 14 heavy (non-hydrogen) atoms. The second-order valence-electron chi connectivity index (χ2n) is 3.82. The summed E-state index contributed by atoms with van der Waals surface area (Å²) in [7, 11) is 0. The van der Waals surface area contributed by atoms with Crippen molar-refractivity contribution in [3.8, 4) is 0 Å². The van der Waals surface area contributed by atoms with Gasteiger partial charge in [-0.2, -0.15) is 0 Å². The van der Waals surface area contributed by atoms with Gasteiger partial charge in [0.1, 0.15) is 0 Å². The monoisotopic (exact) mass is 190 g/mol. The molecule has 0 aliphatic rings. The van der Waals surface area contributed by atoms with E-state index in [0.717, 1.165) is 16.5 Å². The van der Waals surface area contributed by atoms with E-state index in [0.29, 0.717) is 0 Å². The van der Waals surface area contributed by atoms with Crippen molar-refractivity contribution in [3.63, 3.8) is 0 Å². The SMILES string of the molecule is C[C@@](N)(CO)c1cccc2cc[nH]c12. The van der Waals surface area contributed by atoms with Crippen LogP contribution in [0, 0.1) is 0 Å². The topological polar surface area (TPSA) is 62.0 Å². The molecule has 4 N–H and O–H groups in total. The lowest BCUT2D eigenvalue weighted by molar-refractivity contribution is 0.211. The van der Waals surface area contributed by atoms with Crippen molar-refractivity contribution in [2.24, 2.45) is 5.73 Å². The fourth-order valence-electron chi connectivity index (χ4n) is 1.65. The molecule has 0 aliphatic carbocycles. The maximum atomic E-state index is 9.21. The molecule has 0 spiro atoms. The van der Waals surface area contributed by atoms with Crippen LogP contribution in [-0.2, 0) is 5.54 Å². The first-order valence-electron chi connectivity index (χ1n) is 4.61. The minimum atomic E-state index is -0.690. The molecule has 3 heteroatoms. The highest BCUT2D eigenvalue weighted by atomic mass is 16.3. The molecule has 0 aliphatic heterocycles. The fourth-order valence-corrected chi connectivity index (χ4v) is 1.65. The van der Waals surface area contributed by atoms with Crippen LogP contribution in [-0.4, -0.2) is 16.7 Å². The van der Waals surface area contributed by atoms with Gasteiger partial charge in [0.25, 0.3) is 0 Å². The van der Waals surface area contributed by atoms with Gasteiger partial charge in [-0.3, -0.25) is 0 Å². The molecule has 0 unspecified atom stereocenters. The van der Waals surface area contributed by atoms with Crippen molar-refractivity contribution in [2.45, 2.75) is 12.5 Å². The quantitative estimate of drug-likeness (QED) is 0.669. The third kappa shape index (κ3) is 1.31. The van der Waals surface area contributed by atoms with E-state index in [1.807, 2.05) is 37.4 Å². The highest BCUT2D eigenvalue weighted by Crippen LogP contribution is 2.25. The first-order chi connectivity index (χ1) is 6.65. The number of nitrogens with one attached hydrogen (secondary N) is 1. The van der Waals surface area contributed by atoms with Crippen molar-refractivity contribution in [1.29, 1.82) is 0 Å². The summed E-state index contributed by atoms with van der Waals surface area (Å²) in [6, 6.07) is 7.90. The molecule has 0 saturated carbocycles. The lowest BCUT2D eigenvalue weighted by Crippen LogP contribution is -2.37. The first-order valence-corrected chi connectivity index (χ1v) is 4.61. The number of hydrogen-bond acceptors (Lipinski definition) is 2. The molecule has 0 saturated heterocycles. The summed E-state index contributed by atoms with van der Waals surface area (Å²) >= 11 is 0. The number of rotatable bonds is 2. The van der Waals surface area contributed by atoms with Crippen molar-refractivity contribution in [3.05, 3.63) is 36.0 Å². The van der Waals surface area contributed by atoms with Crippen LogP contribution in [0.25, 0.3) is 10.9 Å². The van der Waals surface area contributed by atoms with Gasteiger partial charge in [-0.25, -0.2) is 0 Å². The van der Waals surface area contributed by atoms with Crippen LogP contribution in [0.4, 0.5) is 0 Å². The number of aliphatic hydroxyl groups excluding tert-OH is 1. The smallest absolute Gasteiger partial charge is 0.0651 e. The van der Waals surface area contributed by atoms with E-state index in [1.54, 1.807) is 0 Å². The Morgan fingerprint density at radius 2 is 2.21 bits per heavy atom. The Balaban J connectivity index is 2.67. The van der Waals surface area contributed by atoms with E-state index in [-0.39, 0.29) is 6.61 Å². The molecule has 0 fully saturated rings. The fraction of sp³-hybridized carbons (Fsp3) is 0.273. The van der Waals surface area contributed by atoms with E-state index in [1.165, 1.54) is 0 Å². The third-order valence-electron chi connectivity index (χ3n) is 2.53. The van der Waals surface area contributed by atoms with Crippen molar-refractivity contribution in [1.82, 2.24) is 4.98 Å². The largest absolute Gasteiger partial charge is 0.394 e. The summed E-state index contributed by atoms with van der Waals surface area (Å²) in [6.45, 7) is 1.76. The predicted molar refractivity (Wildman–Crippen MR) is 56.9 cm³/mol. The van der Waals surface area contributed by atoms with Crippen molar-refractivity contribution >= 4 is 10.9 Å². The summed E-state index contributed by atoms with van der Waals surface area (Å²) < 4.78 is 0. The van der Waals surface area contributed by atoms with Crippen LogP contribution >= 0.6 is 0 Å². The van der Waals surface area contributed by atoms with Crippen molar-refractivity contribution in [2.75, 3.05) is 6.61 Å². The highest BCUT2D eigenvalue weighted by molar-refractivity contribution is 5.83. The van der Waals surface area contributed by atoms with Crippen LogP contribution in [0.1, 0.15) is 12.5 Å². The second-order valence-corrected chi connectivity index (χ2v) is 3.82. The van der Waals surface area contributed by atoms with E-state index in [2.05, 4.69) is 4.98 Å². The zero-order chi connectivity index (χ0) is 10.2. The van der Waals surface area contributed by atoms with Gasteiger partial charge >= 0.3 is 0 Å². The molecule has 1 aromatic carbocycles. The molecule has 74 valence electrons. The number of benzene rings is 1. The van der Waals surface area contributed by atoms with Gasteiger partial charge in [-0.1, -0.05) is 18.2 Å². The Labute approximate surface area is 82.6 Å². The van der Waals surface area contributed by atoms with Gasteiger partial charge in [0.2, 0.25) is 0 Å². The Bertz CT molecular complexity index is 445. The van der Waals surface area contributed by atoms with Crippen LogP contribution in [0.3, 0.4) is 0 Å². The summed E-state index contributed by atoms with van der Waals surface area (Å²) in [5.41, 5.74) is 7.26. The Kier molecular flexibility index (Phi) is 2.06. The molecular formula is C11H14N2O. The standard InChI is InChI=1S/C11H14N2O/c1-11(12,7-14)9-4-2-3-8-5-6-13-10(8)9/h2-6,13-14H,7,12H2,1H3/t11-/m1/s1. The average molecular weight is 190 g/mol. The molecule has 1 heterocycles. The normalized spacial score (nSPS) is 15.6. The van der Waals surface area contributed by atoms with E-state index in [9.17, 15) is 5.11 Å². The Morgan fingerprint density at radius 3 is 2.93 bits per heavy atom. The van der Waals surface area contributed by atoms with E-state index >= 15 is 0 Å². The van der Waals surface area contributed by atoms with E-state index in [4.69, 9.17) is 5.73 Å². The number of aromatic amines is 1. The first kappa shape index (κ1) is 9.24. The zero-order valence-corrected chi connectivity index (χ0v) is 8.12. The lowest BCUT2D eigenvalue weighted by atomic mass is 9.92.